The minimum absolute atomic E-state index is 0.0687. The van der Waals surface area contributed by atoms with Crippen LogP contribution in [0.2, 0.25) is 0 Å². The smallest absolute Gasteiger partial charge is 0.152 e. The Hall–Kier alpha value is -0.920. The zero-order chi connectivity index (χ0) is 12.5. The Labute approximate surface area is 101 Å². The van der Waals surface area contributed by atoms with Crippen molar-refractivity contribution < 1.29 is 8.42 Å². The number of nitrogens with zero attached hydrogens (tertiary/aromatic N) is 3. The van der Waals surface area contributed by atoms with Gasteiger partial charge in [-0.15, -0.1) is 0 Å². The summed E-state index contributed by atoms with van der Waals surface area (Å²) in [6.45, 7) is 1.59. The number of rotatable bonds is 3. The third-order valence-corrected chi connectivity index (χ3v) is 4.76. The molecule has 0 bridgehead atoms. The Morgan fingerprint density at radius 2 is 2.12 bits per heavy atom. The fourth-order valence-electron chi connectivity index (χ4n) is 2.15. The summed E-state index contributed by atoms with van der Waals surface area (Å²) in [4.78, 5) is 2.12. The monoisotopic (exact) mass is 258 g/mol. The summed E-state index contributed by atoms with van der Waals surface area (Å²) in [5.41, 5.74) is 6.83. The lowest BCUT2D eigenvalue weighted by molar-refractivity contribution is 0.219. The minimum Gasteiger partial charge on any atom is -0.329 e. The molecule has 0 radical (unpaired) electrons. The Morgan fingerprint density at radius 3 is 2.59 bits per heavy atom. The molecule has 1 aliphatic heterocycles. The number of hydrogen-bond acceptors (Lipinski definition) is 5. The van der Waals surface area contributed by atoms with E-state index >= 15 is 0 Å². The van der Waals surface area contributed by atoms with Gasteiger partial charge in [-0.25, -0.2) is 8.42 Å². The molecule has 7 heteroatoms. The van der Waals surface area contributed by atoms with E-state index in [0.717, 1.165) is 5.56 Å². The van der Waals surface area contributed by atoms with Gasteiger partial charge in [0.2, 0.25) is 0 Å². The summed E-state index contributed by atoms with van der Waals surface area (Å²) in [6.07, 6.45) is 3.72. The molecule has 0 aromatic carbocycles. The molecule has 1 aliphatic rings. The molecule has 0 saturated carbocycles. The van der Waals surface area contributed by atoms with E-state index in [1.54, 1.807) is 10.9 Å². The van der Waals surface area contributed by atoms with E-state index in [0.29, 0.717) is 19.6 Å². The van der Waals surface area contributed by atoms with Crippen LogP contribution in [0.1, 0.15) is 11.6 Å². The van der Waals surface area contributed by atoms with Crippen molar-refractivity contribution in [3.05, 3.63) is 18.0 Å². The molecule has 1 aromatic heterocycles. The molecule has 0 amide bonds. The van der Waals surface area contributed by atoms with Crippen LogP contribution in [-0.2, 0) is 16.9 Å². The van der Waals surface area contributed by atoms with Gasteiger partial charge >= 0.3 is 0 Å². The Bertz CT molecular complexity index is 468. The van der Waals surface area contributed by atoms with Gasteiger partial charge in [-0.1, -0.05) is 0 Å². The highest BCUT2D eigenvalue weighted by Crippen LogP contribution is 2.21. The lowest BCUT2D eigenvalue weighted by Gasteiger charge is -2.33. The van der Waals surface area contributed by atoms with Gasteiger partial charge in [0.25, 0.3) is 0 Å². The van der Waals surface area contributed by atoms with E-state index in [1.807, 2.05) is 13.2 Å². The minimum atomic E-state index is -2.84. The summed E-state index contributed by atoms with van der Waals surface area (Å²) in [5, 5.41) is 4.13. The first-order valence-electron chi connectivity index (χ1n) is 5.65. The molecule has 2 heterocycles. The molecule has 6 nitrogen and oxygen atoms in total. The second kappa shape index (κ2) is 4.75. The number of hydrogen-bond donors (Lipinski definition) is 1. The second-order valence-corrected chi connectivity index (χ2v) is 6.69. The maximum absolute atomic E-state index is 11.4. The Kier molecular flexibility index (Phi) is 3.50. The highest BCUT2D eigenvalue weighted by atomic mass is 32.2. The van der Waals surface area contributed by atoms with Gasteiger partial charge in [0, 0.05) is 38.4 Å². The van der Waals surface area contributed by atoms with Crippen molar-refractivity contribution in [2.24, 2.45) is 12.8 Å². The van der Waals surface area contributed by atoms with Gasteiger partial charge in [-0.3, -0.25) is 9.58 Å². The van der Waals surface area contributed by atoms with Crippen molar-refractivity contribution in [1.29, 1.82) is 0 Å². The predicted molar refractivity (Wildman–Crippen MR) is 65.2 cm³/mol. The predicted octanol–water partition coefficient (Wildman–Crippen LogP) is -0.850. The lowest BCUT2D eigenvalue weighted by Crippen LogP contribution is -2.44. The maximum atomic E-state index is 11.4. The summed E-state index contributed by atoms with van der Waals surface area (Å²) < 4.78 is 24.5. The van der Waals surface area contributed by atoms with Gasteiger partial charge < -0.3 is 5.73 Å². The number of sulfone groups is 1. The molecule has 0 spiro atoms. The van der Waals surface area contributed by atoms with Crippen LogP contribution in [0, 0.1) is 0 Å². The fourth-order valence-corrected chi connectivity index (χ4v) is 3.38. The van der Waals surface area contributed by atoms with Crippen molar-refractivity contribution in [3.8, 4) is 0 Å². The van der Waals surface area contributed by atoms with Gasteiger partial charge in [-0.2, -0.15) is 5.10 Å². The number of aromatic nitrogens is 2. The molecule has 1 fully saturated rings. The van der Waals surface area contributed by atoms with Crippen LogP contribution in [0.4, 0.5) is 0 Å². The summed E-state index contributed by atoms with van der Waals surface area (Å²) >= 11 is 0. The van der Waals surface area contributed by atoms with E-state index in [4.69, 9.17) is 5.73 Å². The quantitative estimate of drug-likeness (QED) is 0.764. The van der Waals surface area contributed by atoms with E-state index in [9.17, 15) is 8.42 Å². The summed E-state index contributed by atoms with van der Waals surface area (Å²) in [7, 11) is -0.979. The van der Waals surface area contributed by atoms with Crippen molar-refractivity contribution in [2.45, 2.75) is 6.04 Å². The zero-order valence-corrected chi connectivity index (χ0v) is 10.7. The number of nitrogens with two attached hydrogens (primary N) is 1. The van der Waals surface area contributed by atoms with Crippen LogP contribution in [-0.4, -0.2) is 54.2 Å². The molecule has 96 valence electrons. The van der Waals surface area contributed by atoms with Crippen molar-refractivity contribution in [2.75, 3.05) is 31.1 Å². The van der Waals surface area contributed by atoms with Crippen LogP contribution in [0.5, 0.6) is 0 Å². The average molecular weight is 258 g/mol. The van der Waals surface area contributed by atoms with Crippen molar-refractivity contribution >= 4 is 9.84 Å². The van der Waals surface area contributed by atoms with E-state index in [1.165, 1.54) is 0 Å². The molecular weight excluding hydrogens is 240 g/mol. The summed E-state index contributed by atoms with van der Waals surface area (Å²) in [6, 6.07) is 0.0687. The van der Waals surface area contributed by atoms with Crippen LogP contribution >= 0.6 is 0 Å². The van der Waals surface area contributed by atoms with E-state index < -0.39 is 9.84 Å². The van der Waals surface area contributed by atoms with Crippen molar-refractivity contribution in [3.63, 3.8) is 0 Å². The standard InChI is InChI=1S/C10H18N4O2S/c1-13-8-9(7-12-13)10(6-11)14-2-4-17(15,16)5-3-14/h7-8,10H,2-6,11H2,1H3. The Morgan fingerprint density at radius 1 is 1.47 bits per heavy atom. The first-order valence-corrected chi connectivity index (χ1v) is 7.47. The molecule has 2 rings (SSSR count). The first-order chi connectivity index (χ1) is 8.02. The van der Waals surface area contributed by atoms with Crippen LogP contribution in [0.3, 0.4) is 0 Å². The average Bonchev–Trinajstić information content (AvgIpc) is 2.68. The van der Waals surface area contributed by atoms with Gasteiger partial charge in [0.1, 0.15) is 0 Å². The molecule has 1 atom stereocenters. The van der Waals surface area contributed by atoms with E-state index in [-0.39, 0.29) is 17.5 Å². The van der Waals surface area contributed by atoms with Crippen LogP contribution in [0.15, 0.2) is 12.4 Å². The number of aryl methyl sites for hydroxylation is 1. The maximum Gasteiger partial charge on any atom is 0.152 e. The van der Waals surface area contributed by atoms with Gasteiger partial charge in [0.05, 0.1) is 23.7 Å². The molecule has 1 saturated heterocycles. The SMILES string of the molecule is Cn1cc(C(CN)N2CCS(=O)(=O)CC2)cn1. The topological polar surface area (TPSA) is 81.2 Å². The van der Waals surface area contributed by atoms with Crippen molar-refractivity contribution in [1.82, 2.24) is 14.7 Å². The van der Waals surface area contributed by atoms with Crippen LogP contribution < -0.4 is 5.73 Å². The van der Waals surface area contributed by atoms with Crippen LogP contribution in [0.25, 0.3) is 0 Å². The third-order valence-electron chi connectivity index (χ3n) is 3.15. The lowest BCUT2D eigenvalue weighted by atomic mass is 10.1. The van der Waals surface area contributed by atoms with Gasteiger partial charge in [-0.05, 0) is 0 Å². The third kappa shape index (κ3) is 2.85. The molecular formula is C10H18N4O2S. The molecule has 1 aromatic rings. The highest BCUT2D eigenvalue weighted by molar-refractivity contribution is 7.91. The largest absolute Gasteiger partial charge is 0.329 e. The summed E-state index contributed by atoms with van der Waals surface area (Å²) in [5.74, 6) is 0.452. The zero-order valence-electron chi connectivity index (χ0n) is 9.91. The van der Waals surface area contributed by atoms with E-state index in [2.05, 4.69) is 10.00 Å². The fraction of sp³-hybridized carbons (Fsp3) is 0.700. The second-order valence-electron chi connectivity index (χ2n) is 4.39. The first kappa shape index (κ1) is 12.5. The van der Waals surface area contributed by atoms with Gasteiger partial charge in [0.15, 0.2) is 9.84 Å². The molecule has 0 aliphatic carbocycles. The molecule has 1 unspecified atom stereocenters. The normalized spacial score (nSPS) is 22.5. The Balaban J connectivity index is 2.10. The molecule has 2 N–H and O–H groups in total. The highest BCUT2D eigenvalue weighted by Gasteiger charge is 2.27. The molecule has 17 heavy (non-hydrogen) atoms.